The second kappa shape index (κ2) is 37.2. The number of aromatic nitrogens is 1. The number of aliphatic imine (C=N–C) groups is 2. The predicted molar refractivity (Wildman–Crippen MR) is 334 cm³/mol. The summed E-state index contributed by atoms with van der Waals surface area (Å²) >= 11 is 4.21. The number of nitrogens with one attached hydrogen (secondary N) is 9. The maximum atomic E-state index is 14.9. The van der Waals surface area contributed by atoms with Crippen molar-refractivity contribution in [2.45, 2.75) is 167 Å². The molecule has 3 rings (SSSR count). The number of H-pyrrole nitrogens is 1. The molecule has 0 aliphatic rings. The number of primary amides is 1. The van der Waals surface area contributed by atoms with Crippen LogP contribution >= 0.6 is 12.6 Å². The normalized spacial score (nSPS) is 14.6. The van der Waals surface area contributed by atoms with E-state index in [1.165, 1.54) is 0 Å². The molecule has 0 aliphatic carbocycles. The Morgan fingerprint density at radius 3 is 1.44 bits per heavy atom. The SMILES string of the molecule is CC[C@H](C)[C@H](N)C(=O)N[C@@H](Cc1ccccc1)C(=O)N[C@@H](CC(C)C)C(=O)N[C@@H](CC(C)C)C(=O)N[C@@H](Cc1c[nH]c2ccccc12)C(=O)N[C@@H](CCC(N)=O)C(=O)N[C@@H](CCCN=C(N)N)C(=O)N[C@@H](CS)C(=O)N[C@@H](CCCN=C(N)N)C(=O)O. The fourth-order valence-electron chi connectivity index (χ4n) is 9.16. The van der Waals surface area contributed by atoms with Crippen LogP contribution in [-0.4, -0.2) is 154 Å². The molecular formula is C58H91N17O11S. The Hall–Kier alpha value is -8.47. The first-order valence-electron chi connectivity index (χ1n) is 29.1. The van der Waals surface area contributed by atoms with Crippen LogP contribution < -0.4 is 76.9 Å². The largest absolute Gasteiger partial charge is 0.480 e. The lowest BCUT2D eigenvalue weighted by molar-refractivity contribution is -0.142. The lowest BCUT2D eigenvalue weighted by Gasteiger charge is -2.29. The molecule has 0 spiro atoms. The maximum Gasteiger partial charge on any atom is 0.326 e. The highest BCUT2D eigenvalue weighted by atomic mass is 32.1. The summed E-state index contributed by atoms with van der Waals surface area (Å²) < 4.78 is 0. The minimum atomic E-state index is -1.60. The van der Waals surface area contributed by atoms with E-state index in [0.717, 1.165) is 5.56 Å². The summed E-state index contributed by atoms with van der Waals surface area (Å²) in [5, 5.41) is 31.8. The zero-order chi connectivity index (χ0) is 64.9. The summed E-state index contributed by atoms with van der Waals surface area (Å²) in [7, 11) is 0. The number of benzene rings is 2. The fraction of sp³-hybridized carbons (Fsp3) is 0.552. The van der Waals surface area contributed by atoms with Gasteiger partial charge in [-0.25, -0.2) is 4.79 Å². The van der Waals surface area contributed by atoms with E-state index in [1.807, 2.05) is 47.6 Å². The molecule has 0 saturated heterocycles. The highest BCUT2D eigenvalue weighted by Gasteiger charge is 2.36. The third-order valence-electron chi connectivity index (χ3n) is 14.2. The smallest absolute Gasteiger partial charge is 0.326 e. The number of para-hydroxylation sites is 1. The predicted octanol–water partition coefficient (Wildman–Crippen LogP) is -1.32. The highest BCUT2D eigenvalue weighted by Crippen LogP contribution is 2.20. The number of carbonyl (C=O) groups excluding carboxylic acids is 9. The molecule has 22 N–H and O–H groups in total. The van der Waals surface area contributed by atoms with Gasteiger partial charge in [0.25, 0.3) is 0 Å². The Kier molecular flexibility index (Phi) is 31.1. The molecule has 0 bridgehead atoms. The summed E-state index contributed by atoms with van der Waals surface area (Å²) in [5.74, 6) is -10.1. The Labute approximate surface area is 512 Å². The average molecular weight is 1230 g/mol. The molecule has 0 radical (unpaired) electrons. The molecule has 0 unspecified atom stereocenters. The second-order valence-electron chi connectivity index (χ2n) is 22.3. The van der Waals surface area contributed by atoms with Crippen molar-refractivity contribution in [2.24, 2.45) is 62.1 Å². The van der Waals surface area contributed by atoms with Crippen LogP contribution in [0, 0.1) is 17.8 Å². The van der Waals surface area contributed by atoms with Crippen molar-refractivity contribution in [3.8, 4) is 0 Å². The van der Waals surface area contributed by atoms with Crippen molar-refractivity contribution in [1.82, 2.24) is 47.5 Å². The van der Waals surface area contributed by atoms with Gasteiger partial charge in [0.05, 0.1) is 6.04 Å². The molecule has 87 heavy (non-hydrogen) atoms. The van der Waals surface area contributed by atoms with Crippen molar-refractivity contribution in [3.63, 3.8) is 0 Å². The Bertz CT molecular complexity index is 2840. The van der Waals surface area contributed by atoms with Gasteiger partial charge in [-0.3, -0.25) is 53.1 Å². The van der Waals surface area contributed by atoms with Gasteiger partial charge in [0.2, 0.25) is 53.2 Å². The summed E-state index contributed by atoms with van der Waals surface area (Å²) in [4.78, 5) is 149. The molecule has 1 aromatic heterocycles. The number of hydrogen-bond acceptors (Lipinski definition) is 14. The first-order valence-corrected chi connectivity index (χ1v) is 29.8. The summed E-state index contributed by atoms with van der Waals surface area (Å²) in [6, 6.07) is 4.16. The second-order valence-corrected chi connectivity index (χ2v) is 22.7. The van der Waals surface area contributed by atoms with Crippen molar-refractivity contribution < 1.29 is 53.1 Å². The molecule has 29 heteroatoms. The van der Waals surface area contributed by atoms with Gasteiger partial charge in [0.1, 0.15) is 48.3 Å². The zero-order valence-corrected chi connectivity index (χ0v) is 51.3. The number of carbonyl (C=O) groups is 10. The highest BCUT2D eigenvalue weighted by molar-refractivity contribution is 7.80. The quantitative estimate of drug-likeness (QED) is 0.0136. The first kappa shape index (κ1) is 72.8. The van der Waals surface area contributed by atoms with Crippen LogP contribution in [0.2, 0.25) is 0 Å². The monoisotopic (exact) mass is 1230 g/mol. The van der Waals surface area contributed by atoms with Gasteiger partial charge in [-0.15, -0.1) is 0 Å². The number of aliphatic carboxylic acids is 1. The molecule has 0 aliphatic heterocycles. The Morgan fingerprint density at radius 2 is 0.943 bits per heavy atom. The number of amides is 9. The minimum absolute atomic E-state index is 0.00989. The van der Waals surface area contributed by atoms with Crippen molar-refractivity contribution >= 4 is 94.6 Å². The topological polar surface area (TPSA) is 484 Å². The summed E-state index contributed by atoms with van der Waals surface area (Å²) in [5.41, 5.74) is 35.6. The van der Waals surface area contributed by atoms with Gasteiger partial charge in [-0.2, -0.15) is 12.6 Å². The molecule has 28 nitrogen and oxygen atoms in total. The van der Waals surface area contributed by atoms with Crippen LogP contribution in [-0.2, 0) is 60.8 Å². The van der Waals surface area contributed by atoms with Crippen molar-refractivity contribution in [1.29, 1.82) is 0 Å². The number of hydrogen-bond donors (Lipinski definition) is 17. The molecule has 3 aromatic rings. The fourth-order valence-corrected chi connectivity index (χ4v) is 9.42. The van der Waals surface area contributed by atoms with Crippen molar-refractivity contribution in [2.75, 3.05) is 18.8 Å². The van der Waals surface area contributed by atoms with E-state index in [1.54, 1.807) is 54.7 Å². The van der Waals surface area contributed by atoms with Crippen LogP contribution in [0.5, 0.6) is 0 Å². The Balaban J connectivity index is 2.01. The lowest BCUT2D eigenvalue weighted by atomic mass is 9.97. The number of nitrogens with two attached hydrogens (primary N) is 6. The molecule has 1 heterocycles. The number of carboxylic acid groups (broad SMARTS) is 1. The molecular weight excluding hydrogens is 1140 g/mol. The van der Waals surface area contributed by atoms with Gasteiger partial charge in [-0.05, 0) is 79.9 Å². The number of carboxylic acids is 1. The van der Waals surface area contributed by atoms with Crippen LogP contribution in [0.1, 0.15) is 110 Å². The van der Waals surface area contributed by atoms with E-state index < -0.39 is 126 Å². The minimum Gasteiger partial charge on any atom is -0.480 e. The van der Waals surface area contributed by atoms with E-state index in [4.69, 9.17) is 34.4 Å². The number of fused-ring (bicyclic) bond motifs is 1. The first-order chi connectivity index (χ1) is 41.1. The average Bonchev–Trinajstić information content (AvgIpc) is 4.14. The molecule has 0 saturated carbocycles. The van der Waals surface area contributed by atoms with Crippen molar-refractivity contribution in [3.05, 3.63) is 71.9 Å². The van der Waals surface area contributed by atoms with Crippen LogP contribution in [0.3, 0.4) is 0 Å². The van der Waals surface area contributed by atoms with Crippen LogP contribution in [0.25, 0.3) is 10.9 Å². The van der Waals surface area contributed by atoms with Gasteiger partial charge in [-0.1, -0.05) is 96.5 Å². The molecule has 9 amide bonds. The third-order valence-corrected chi connectivity index (χ3v) is 14.5. The summed E-state index contributed by atoms with van der Waals surface area (Å²) in [6.07, 6.45) is 1.49. The lowest BCUT2D eigenvalue weighted by Crippen LogP contribution is -2.61. The summed E-state index contributed by atoms with van der Waals surface area (Å²) in [6.45, 7) is 11.1. The van der Waals surface area contributed by atoms with Gasteiger partial charge in [0.15, 0.2) is 11.9 Å². The number of guanidine groups is 2. The van der Waals surface area contributed by atoms with E-state index in [2.05, 4.69) is 70.1 Å². The van der Waals surface area contributed by atoms with Gasteiger partial charge < -0.3 is 87.0 Å². The molecule has 2 aromatic carbocycles. The van der Waals surface area contributed by atoms with Gasteiger partial charge in [0, 0.05) is 55.2 Å². The standard InChI is InChI=1S/C58H91N17O11S/c1-7-33(6)47(60)55(84)74-43(27-34-15-9-8-10-16-34)52(81)72-41(25-31(2)3)50(79)71-42(26-32(4)5)51(80)73-44(28-35-29-67-37-18-12-11-17-36(35)37)53(82)69-39(21-22-46(59)76)49(78)68-38(19-13-23-65-57(61)62)48(77)75-45(30-87)54(83)70-40(56(85)86)20-14-24-66-58(63)64/h8-12,15-18,29,31-33,38-45,47,67,87H,7,13-14,19-28,30,60H2,1-6H3,(H2,59,76)(H,68,78)(H,69,82)(H,70,83)(H,71,79)(H,72,81)(H,73,80)(H,74,84)(H,75,77)(H,85,86)(H4,61,62,65)(H4,63,64,66)/t33-,38-,39-,40-,41-,42-,43-,44-,45-,47-/m0/s1. The zero-order valence-electron chi connectivity index (χ0n) is 50.4. The van der Waals surface area contributed by atoms with Crippen LogP contribution in [0.4, 0.5) is 0 Å². The molecule has 0 fully saturated rings. The van der Waals surface area contributed by atoms with Gasteiger partial charge >= 0.3 is 5.97 Å². The number of thiol groups is 1. The number of aromatic amines is 1. The molecule has 480 valence electrons. The van der Waals surface area contributed by atoms with Crippen LogP contribution in [0.15, 0.2) is 70.8 Å². The number of rotatable bonds is 39. The Morgan fingerprint density at radius 1 is 0.529 bits per heavy atom. The maximum absolute atomic E-state index is 14.9. The van der Waals surface area contributed by atoms with E-state index in [0.29, 0.717) is 22.9 Å². The van der Waals surface area contributed by atoms with E-state index in [9.17, 15) is 53.1 Å². The van der Waals surface area contributed by atoms with E-state index in [-0.39, 0.29) is 99.9 Å². The molecule has 10 atom stereocenters. The van der Waals surface area contributed by atoms with E-state index >= 15 is 0 Å². The third kappa shape index (κ3) is 26.0. The number of nitrogens with zero attached hydrogens (tertiary/aromatic N) is 2.